The molecule has 9 heteroatoms. The average molecular weight is 545 g/mol. The third kappa shape index (κ3) is 6.97. The van der Waals surface area contributed by atoms with E-state index in [-0.39, 0.29) is 33.8 Å². The lowest BCUT2D eigenvalue weighted by Crippen LogP contribution is -2.22. The zero-order valence-electron chi connectivity index (χ0n) is 20.9. The summed E-state index contributed by atoms with van der Waals surface area (Å²) in [5.41, 5.74) is 14.3. The number of rotatable bonds is 10. The van der Waals surface area contributed by atoms with E-state index >= 15 is 0 Å². The summed E-state index contributed by atoms with van der Waals surface area (Å²) in [5.74, 6) is -1.91. The molecule has 8 nitrogen and oxygen atoms in total. The first kappa shape index (κ1) is 27.7. The normalized spacial score (nSPS) is 13.0. The van der Waals surface area contributed by atoms with Gasteiger partial charge in [0.15, 0.2) is 21.4 Å². The second-order valence-electron chi connectivity index (χ2n) is 9.26. The zero-order chi connectivity index (χ0) is 28.2. The van der Waals surface area contributed by atoms with Crippen LogP contribution in [0.1, 0.15) is 55.2 Å². The largest absolute Gasteiger partial charge is 0.399 e. The minimum Gasteiger partial charge on any atom is -0.399 e. The number of ketones is 2. The number of hydrogen-bond donors (Lipinski definition) is 4. The molecule has 0 aliphatic heterocycles. The van der Waals surface area contributed by atoms with Crippen LogP contribution in [0.5, 0.6) is 0 Å². The SMILES string of the molecule is Nc1ccc(C(=O)c2cccc(C(O)CS(=O)(=O)CC(O)c3cccc(C(=O)c4ccc(N)cc4)c3)c2)cc1. The van der Waals surface area contributed by atoms with E-state index in [9.17, 15) is 28.2 Å². The highest BCUT2D eigenvalue weighted by atomic mass is 32.2. The van der Waals surface area contributed by atoms with Gasteiger partial charge >= 0.3 is 0 Å². The monoisotopic (exact) mass is 544 g/mol. The van der Waals surface area contributed by atoms with Crippen molar-refractivity contribution in [2.75, 3.05) is 23.0 Å². The molecule has 0 amide bonds. The summed E-state index contributed by atoms with van der Waals surface area (Å²) in [5, 5.41) is 21.3. The van der Waals surface area contributed by atoms with Gasteiger partial charge in [0, 0.05) is 33.6 Å². The minimum absolute atomic E-state index is 0.255. The molecule has 4 aromatic rings. The fourth-order valence-corrected chi connectivity index (χ4v) is 5.60. The van der Waals surface area contributed by atoms with Gasteiger partial charge in [-0.1, -0.05) is 36.4 Å². The molecule has 200 valence electrons. The van der Waals surface area contributed by atoms with E-state index in [1.807, 2.05) is 0 Å². The van der Waals surface area contributed by atoms with E-state index in [0.717, 1.165) is 0 Å². The van der Waals surface area contributed by atoms with Crippen LogP contribution in [-0.4, -0.2) is 41.7 Å². The van der Waals surface area contributed by atoms with Crippen molar-refractivity contribution in [3.63, 3.8) is 0 Å². The predicted octanol–water partition coefficient (Wildman–Crippen LogP) is 3.49. The van der Waals surface area contributed by atoms with E-state index in [1.54, 1.807) is 72.8 Å². The maximum Gasteiger partial charge on any atom is 0.193 e. The molecule has 0 heterocycles. The molecule has 0 saturated carbocycles. The molecule has 0 spiro atoms. The maximum absolute atomic E-state index is 12.9. The Morgan fingerprint density at radius 1 is 0.590 bits per heavy atom. The number of aliphatic hydroxyl groups excluding tert-OH is 2. The quantitative estimate of drug-likeness (QED) is 0.174. The number of aliphatic hydroxyl groups is 2. The molecule has 6 N–H and O–H groups in total. The Morgan fingerprint density at radius 2 is 0.949 bits per heavy atom. The zero-order valence-corrected chi connectivity index (χ0v) is 21.7. The molecule has 0 aromatic heterocycles. The van der Waals surface area contributed by atoms with Crippen molar-refractivity contribution in [3.05, 3.63) is 130 Å². The number of nitrogens with two attached hydrogens (primary N) is 2. The van der Waals surface area contributed by atoms with E-state index in [1.165, 1.54) is 24.3 Å². The average Bonchev–Trinajstić information content (AvgIpc) is 2.92. The van der Waals surface area contributed by atoms with Crippen LogP contribution in [-0.2, 0) is 9.84 Å². The Kier molecular flexibility index (Phi) is 8.25. The lowest BCUT2D eigenvalue weighted by molar-refractivity contribution is 0.103. The molecule has 4 aromatic carbocycles. The summed E-state index contributed by atoms with van der Waals surface area (Å²) >= 11 is 0. The topological polar surface area (TPSA) is 161 Å². The Bertz CT molecular complexity index is 1480. The first-order chi connectivity index (χ1) is 18.5. The molecular weight excluding hydrogens is 516 g/mol. The summed E-state index contributed by atoms with van der Waals surface area (Å²) in [6.45, 7) is 0. The van der Waals surface area contributed by atoms with Crippen LogP contribution in [0.3, 0.4) is 0 Å². The smallest absolute Gasteiger partial charge is 0.193 e. The molecule has 39 heavy (non-hydrogen) atoms. The van der Waals surface area contributed by atoms with Crippen molar-refractivity contribution in [1.82, 2.24) is 0 Å². The van der Waals surface area contributed by atoms with Gasteiger partial charge < -0.3 is 21.7 Å². The summed E-state index contributed by atoms with van der Waals surface area (Å²) in [4.78, 5) is 25.6. The van der Waals surface area contributed by atoms with Crippen molar-refractivity contribution in [2.45, 2.75) is 12.2 Å². The third-order valence-electron chi connectivity index (χ3n) is 6.24. The standard InChI is InChI=1S/C30H28N2O6S/c31-25-11-7-19(8-12-25)29(35)23-5-1-3-21(15-23)27(33)17-39(37,38)18-28(34)22-4-2-6-24(16-22)30(36)20-9-13-26(32)14-10-20/h1-16,27-28,33-34H,17-18,31-32H2. The Morgan fingerprint density at radius 3 is 1.31 bits per heavy atom. The molecular formula is C30H28N2O6S. The van der Waals surface area contributed by atoms with E-state index in [0.29, 0.717) is 22.5 Å². The van der Waals surface area contributed by atoms with E-state index < -0.39 is 33.6 Å². The predicted molar refractivity (Wildman–Crippen MR) is 150 cm³/mol. The highest BCUT2D eigenvalue weighted by Gasteiger charge is 2.24. The van der Waals surface area contributed by atoms with Crippen molar-refractivity contribution in [3.8, 4) is 0 Å². The number of anilines is 2. The Balaban J connectivity index is 1.44. The first-order valence-electron chi connectivity index (χ1n) is 12.1. The lowest BCUT2D eigenvalue weighted by atomic mass is 9.99. The van der Waals surface area contributed by atoms with Crippen LogP contribution < -0.4 is 11.5 Å². The molecule has 4 rings (SSSR count). The van der Waals surface area contributed by atoms with Gasteiger partial charge in [0.1, 0.15) is 0 Å². The second kappa shape index (κ2) is 11.6. The van der Waals surface area contributed by atoms with Gasteiger partial charge in [-0.05, 0) is 71.8 Å². The lowest BCUT2D eigenvalue weighted by Gasteiger charge is -2.16. The summed E-state index contributed by atoms with van der Waals surface area (Å²) in [7, 11) is -3.95. The molecule has 0 radical (unpaired) electrons. The van der Waals surface area contributed by atoms with Gasteiger partial charge in [-0.25, -0.2) is 8.42 Å². The van der Waals surface area contributed by atoms with Gasteiger partial charge in [-0.3, -0.25) is 9.59 Å². The Labute approximate surface area is 226 Å². The van der Waals surface area contributed by atoms with Crippen LogP contribution in [0.4, 0.5) is 11.4 Å². The number of nitrogen functional groups attached to an aromatic ring is 2. The maximum atomic E-state index is 12.9. The number of sulfone groups is 1. The summed E-state index contributed by atoms with van der Waals surface area (Å²) in [6, 6.07) is 25.0. The van der Waals surface area contributed by atoms with E-state index in [4.69, 9.17) is 11.5 Å². The molecule has 0 aliphatic rings. The molecule has 2 unspecified atom stereocenters. The van der Waals surface area contributed by atoms with Gasteiger partial charge in [-0.2, -0.15) is 0 Å². The molecule has 2 atom stereocenters. The number of carbonyl (C=O) groups is 2. The van der Waals surface area contributed by atoms with Gasteiger partial charge in [0.2, 0.25) is 0 Å². The van der Waals surface area contributed by atoms with Crippen LogP contribution in [0.15, 0.2) is 97.1 Å². The Hall–Kier alpha value is -4.31. The number of hydrogen-bond acceptors (Lipinski definition) is 8. The second-order valence-corrected chi connectivity index (χ2v) is 11.4. The molecule has 0 saturated heterocycles. The number of benzene rings is 4. The number of carbonyl (C=O) groups excluding carboxylic acids is 2. The van der Waals surface area contributed by atoms with Crippen molar-refractivity contribution >= 4 is 32.8 Å². The van der Waals surface area contributed by atoms with Gasteiger partial charge in [0.05, 0.1) is 23.7 Å². The van der Waals surface area contributed by atoms with Gasteiger partial charge in [-0.15, -0.1) is 0 Å². The highest BCUT2D eigenvalue weighted by Crippen LogP contribution is 2.23. The fraction of sp³-hybridized carbons (Fsp3) is 0.133. The van der Waals surface area contributed by atoms with Crippen molar-refractivity contribution in [1.29, 1.82) is 0 Å². The van der Waals surface area contributed by atoms with Crippen LogP contribution >= 0.6 is 0 Å². The van der Waals surface area contributed by atoms with Crippen LogP contribution in [0.25, 0.3) is 0 Å². The summed E-state index contributed by atoms with van der Waals surface area (Å²) < 4.78 is 25.7. The molecule has 0 aliphatic carbocycles. The first-order valence-corrected chi connectivity index (χ1v) is 13.9. The minimum atomic E-state index is -3.95. The molecule has 0 fully saturated rings. The van der Waals surface area contributed by atoms with Crippen LogP contribution in [0, 0.1) is 0 Å². The fourth-order valence-electron chi connectivity index (χ4n) is 4.12. The molecule has 0 bridgehead atoms. The van der Waals surface area contributed by atoms with Crippen molar-refractivity contribution < 1.29 is 28.2 Å². The van der Waals surface area contributed by atoms with E-state index in [2.05, 4.69) is 0 Å². The van der Waals surface area contributed by atoms with Gasteiger partial charge in [0.25, 0.3) is 0 Å². The highest BCUT2D eigenvalue weighted by molar-refractivity contribution is 7.91. The van der Waals surface area contributed by atoms with Crippen molar-refractivity contribution in [2.24, 2.45) is 0 Å². The summed E-state index contributed by atoms with van der Waals surface area (Å²) in [6.07, 6.45) is -2.83. The van der Waals surface area contributed by atoms with Crippen LogP contribution in [0.2, 0.25) is 0 Å². The third-order valence-corrected chi connectivity index (χ3v) is 7.88.